The molecule has 0 spiro atoms. The number of hydrogen-bond acceptors (Lipinski definition) is 12. The van der Waals surface area contributed by atoms with Crippen LogP contribution in [0.1, 0.15) is 47.2 Å². The molecule has 4 aromatic rings. The van der Waals surface area contributed by atoms with Crippen LogP contribution in [0.4, 0.5) is 16.3 Å². The van der Waals surface area contributed by atoms with E-state index in [0.717, 1.165) is 6.26 Å². The number of halogens is 1. The first-order valence-corrected chi connectivity index (χ1v) is 18.3. The van der Waals surface area contributed by atoms with Gasteiger partial charge in [0.2, 0.25) is 0 Å². The molecule has 0 aliphatic carbocycles. The fourth-order valence-corrected chi connectivity index (χ4v) is 5.34. The second-order valence-corrected chi connectivity index (χ2v) is 14.9. The van der Waals surface area contributed by atoms with Crippen LogP contribution in [-0.2, 0) is 25.9 Å². The van der Waals surface area contributed by atoms with Gasteiger partial charge in [0.05, 0.1) is 48.5 Å². The van der Waals surface area contributed by atoms with Gasteiger partial charge in [-0.1, -0.05) is 17.7 Å². The molecule has 0 saturated carbocycles. The third-order valence-electron chi connectivity index (χ3n) is 7.10. The molecule has 0 unspecified atom stereocenters. The van der Waals surface area contributed by atoms with Crippen molar-refractivity contribution in [2.75, 3.05) is 44.3 Å². The van der Waals surface area contributed by atoms with Crippen LogP contribution in [0.3, 0.4) is 0 Å². The van der Waals surface area contributed by atoms with Crippen LogP contribution in [0.25, 0.3) is 0 Å². The van der Waals surface area contributed by atoms with E-state index in [4.69, 9.17) is 35.3 Å². The summed E-state index contributed by atoms with van der Waals surface area (Å²) in [7, 11) is -0.706. The summed E-state index contributed by atoms with van der Waals surface area (Å²) in [6.45, 7) is 4.90. The lowest BCUT2D eigenvalue weighted by Crippen LogP contribution is -2.40. The van der Waals surface area contributed by atoms with Crippen LogP contribution in [0.15, 0.2) is 78.0 Å². The summed E-state index contributed by atoms with van der Waals surface area (Å²) in [4.78, 5) is 47.4. The first-order valence-electron chi connectivity index (χ1n) is 16.0. The molecule has 3 N–H and O–H groups in total. The molecule has 2 heterocycles. The molecular weight excluding hydrogens is 730 g/mol. The molecule has 0 radical (unpaired) electrons. The highest BCUT2D eigenvalue weighted by Gasteiger charge is 2.23. The molecule has 2 aromatic carbocycles. The Bertz CT molecular complexity index is 2040. The van der Waals surface area contributed by atoms with Gasteiger partial charge in [-0.15, -0.1) is 0 Å². The summed E-state index contributed by atoms with van der Waals surface area (Å²) in [5.74, 6) is -0.289. The quantitative estimate of drug-likeness (QED) is 0.137. The number of nitrogens with one attached hydrogen (secondary N) is 3. The molecule has 4 rings (SSSR count). The van der Waals surface area contributed by atoms with E-state index in [0.29, 0.717) is 22.1 Å². The zero-order chi connectivity index (χ0) is 38.8. The number of alkyl carbamates (subject to hydrolysis) is 1. The zero-order valence-corrected chi connectivity index (χ0v) is 31.5. The lowest BCUT2D eigenvalue weighted by atomic mass is 10.1. The minimum Gasteiger partial charge on any atom is -0.493 e. The standard InChI is InChI=1S/C36H40ClN5O10S/c1-36(2,3)52-35(45)40-19-24(50-20-22-9-13-28(48-4)30(16-22)49-5)21-51-29-17-25(53(6,46)47)11-12-26(29)33(43)41-27-8-7-15-38-32(27)34(44)42-31-14-10-23(37)18-39-31/h7-18,24H,19-21H2,1-6H3,(H,40,45)(H,41,43)(H,39,42,44)/t24-/m0/s1. The van der Waals surface area contributed by atoms with E-state index < -0.39 is 39.4 Å². The predicted octanol–water partition coefficient (Wildman–Crippen LogP) is 5.54. The number of benzene rings is 2. The van der Waals surface area contributed by atoms with Gasteiger partial charge in [0.1, 0.15) is 29.9 Å². The van der Waals surface area contributed by atoms with Crippen LogP contribution in [0.5, 0.6) is 17.2 Å². The van der Waals surface area contributed by atoms with Crippen LogP contribution in [-0.4, -0.2) is 81.6 Å². The molecule has 0 bridgehead atoms. The van der Waals surface area contributed by atoms with Gasteiger partial charge >= 0.3 is 6.09 Å². The summed E-state index contributed by atoms with van der Waals surface area (Å²) in [5, 5.41) is 8.28. The third-order valence-corrected chi connectivity index (χ3v) is 8.43. The first kappa shape index (κ1) is 40.3. The smallest absolute Gasteiger partial charge is 0.407 e. The van der Waals surface area contributed by atoms with Crippen molar-refractivity contribution in [3.8, 4) is 17.2 Å². The average molecular weight is 770 g/mol. The van der Waals surface area contributed by atoms with Crippen LogP contribution in [0.2, 0.25) is 5.02 Å². The molecule has 282 valence electrons. The SMILES string of the molecule is COc1ccc(CO[C@@H](CNC(=O)OC(C)(C)C)COc2cc(S(C)(=O)=O)ccc2C(=O)Nc2cccnc2C(=O)Nc2ccc(Cl)cn2)cc1OC. The van der Waals surface area contributed by atoms with E-state index in [-0.39, 0.29) is 53.2 Å². The van der Waals surface area contributed by atoms with E-state index >= 15 is 0 Å². The monoisotopic (exact) mass is 769 g/mol. The van der Waals surface area contributed by atoms with E-state index in [2.05, 4.69) is 25.9 Å². The van der Waals surface area contributed by atoms with Crippen molar-refractivity contribution in [3.63, 3.8) is 0 Å². The lowest BCUT2D eigenvalue weighted by molar-refractivity contribution is 0.00518. The fraction of sp³-hybridized carbons (Fsp3) is 0.306. The highest BCUT2D eigenvalue weighted by Crippen LogP contribution is 2.29. The Morgan fingerprint density at radius 1 is 0.887 bits per heavy atom. The molecule has 1 atom stereocenters. The van der Waals surface area contributed by atoms with Crippen molar-refractivity contribution in [2.24, 2.45) is 0 Å². The lowest BCUT2D eigenvalue weighted by Gasteiger charge is -2.23. The van der Waals surface area contributed by atoms with E-state index in [1.807, 2.05) is 0 Å². The summed E-state index contributed by atoms with van der Waals surface area (Å²) < 4.78 is 53.2. The predicted molar refractivity (Wildman–Crippen MR) is 197 cm³/mol. The number of rotatable bonds is 15. The maximum atomic E-state index is 13.7. The number of carbonyl (C=O) groups excluding carboxylic acids is 3. The van der Waals surface area contributed by atoms with Gasteiger partial charge in [-0.3, -0.25) is 9.59 Å². The minimum absolute atomic E-state index is 0.0541. The van der Waals surface area contributed by atoms with Gasteiger partial charge in [-0.25, -0.2) is 23.2 Å². The topological polar surface area (TPSA) is 193 Å². The van der Waals surface area contributed by atoms with E-state index in [9.17, 15) is 22.8 Å². The Balaban J connectivity index is 1.58. The highest BCUT2D eigenvalue weighted by molar-refractivity contribution is 7.90. The number of hydrogen-bond donors (Lipinski definition) is 3. The summed E-state index contributed by atoms with van der Waals surface area (Å²) in [6.07, 6.45) is 2.23. The van der Waals surface area contributed by atoms with Crippen LogP contribution < -0.4 is 30.2 Å². The Morgan fingerprint density at radius 3 is 2.30 bits per heavy atom. The van der Waals surface area contributed by atoms with Crippen LogP contribution >= 0.6 is 11.6 Å². The number of aromatic nitrogens is 2. The Kier molecular flexibility index (Phi) is 13.6. The van der Waals surface area contributed by atoms with Crippen molar-refractivity contribution >= 4 is 50.9 Å². The van der Waals surface area contributed by atoms with Gasteiger partial charge < -0.3 is 39.6 Å². The van der Waals surface area contributed by atoms with Gasteiger partial charge in [0.25, 0.3) is 11.8 Å². The largest absolute Gasteiger partial charge is 0.493 e. The molecular formula is C36H40ClN5O10S. The molecule has 0 aliphatic heterocycles. The average Bonchev–Trinajstić information content (AvgIpc) is 3.11. The molecule has 3 amide bonds. The molecule has 0 fully saturated rings. The normalized spacial score (nSPS) is 11.9. The van der Waals surface area contributed by atoms with E-state index in [1.165, 1.54) is 63.0 Å². The number of pyridine rings is 2. The number of amides is 3. The fourth-order valence-electron chi connectivity index (χ4n) is 4.59. The number of sulfone groups is 1. The minimum atomic E-state index is -3.73. The van der Waals surface area contributed by atoms with Gasteiger partial charge in [-0.2, -0.15) is 0 Å². The number of nitrogens with zero attached hydrogens (tertiary/aromatic N) is 2. The van der Waals surface area contributed by atoms with Crippen molar-refractivity contribution in [1.82, 2.24) is 15.3 Å². The van der Waals surface area contributed by atoms with Gasteiger partial charge in [-0.05, 0) is 80.9 Å². The number of methoxy groups -OCH3 is 2. The molecule has 0 saturated heterocycles. The summed E-state index contributed by atoms with van der Waals surface area (Å²) >= 11 is 5.89. The second kappa shape index (κ2) is 17.9. The Morgan fingerprint density at radius 2 is 1.64 bits per heavy atom. The third kappa shape index (κ3) is 12.1. The van der Waals surface area contributed by atoms with E-state index in [1.54, 1.807) is 45.0 Å². The number of ether oxygens (including phenoxy) is 5. The second-order valence-electron chi connectivity index (χ2n) is 12.4. The Hall–Kier alpha value is -5.45. The van der Waals surface area contributed by atoms with Crippen molar-refractivity contribution in [1.29, 1.82) is 0 Å². The molecule has 2 aromatic heterocycles. The number of carbonyl (C=O) groups is 3. The highest BCUT2D eigenvalue weighted by atomic mass is 35.5. The van der Waals surface area contributed by atoms with Crippen molar-refractivity contribution < 1.29 is 46.5 Å². The first-order chi connectivity index (χ1) is 25.1. The van der Waals surface area contributed by atoms with Gasteiger partial charge in [0, 0.05) is 18.6 Å². The van der Waals surface area contributed by atoms with Gasteiger partial charge in [0.15, 0.2) is 27.0 Å². The summed E-state index contributed by atoms with van der Waals surface area (Å²) in [5.41, 5.74) is -0.172. The summed E-state index contributed by atoms with van der Waals surface area (Å²) in [6, 6.07) is 15.0. The zero-order valence-electron chi connectivity index (χ0n) is 29.9. The maximum Gasteiger partial charge on any atom is 0.407 e. The molecule has 0 aliphatic rings. The molecule has 17 heteroatoms. The molecule has 53 heavy (non-hydrogen) atoms. The number of anilines is 2. The molecule has 15 nitrogen and oxygen atoms in total. The van der Waals surface area contributed by atoms with Crippen LogP contribution in [0, 0.1) is 0 Å². The van der Waals surface area contributed by atoms with Crippen molar-refractivity contribution in [2.45, 2.75) is 44.0 Å². The maximum absolute atomic E-state index is 13.7. The Labute approximate surface area is 312 Å². The van der Waals surface area contributed by atoms with Crippen molar-refractivity contribution in [3.05, 3.63) is 94.9 Å².